The maximum atomic E-state index is 12.7. The average Bonchev–Trinajstić information content (AvgIpc) is 3.03. The van der Waals surface area contributed by atoms with Gasteiger partial charge in [0.1, 0.15) is 0 Å². The Morgan fingerprint density at radius 2 is 2.13 bits per heavy atom. The van der Waals surface area contributed by atoms with Gasteiger partial charge in [-0.05, 0) is 54.4 Å². The van der Waals surface area contributed by atoms with Gasteiger partial charge in [-0.25, -0.2) is 5.43 Å². The van der Waals surface area contributed by atoms with Crippen molar-refractivity contribution in [3.63, 3.8) is 0 Å². The first-order chi connectivity index (χ1) is 10.8. The van der Waals surface area contributed by atoms with E-state index in [2.05, 4.69) is 31.0 Å². The molecule has 3 rings (SSSR count). The predicted molar refractivity (Wildman–Crippen MR) is 88.2 cm³/mol. The molecule has 0 unspecified atom stereocenters. The standard InChI is InChI=1S/C18H22N2O3/c1-11-17(2,3)13-6-7-18(11,9-13)16(23)20-19-10-12-4-5-14(21)15(22)8-12/h4-5,8,10,13,21-22H,1,6-7,9H2,2-3H3,(H,20,23)/b19-10+/t13-,18-/m1/s1. The molecule has 2 bridgehead atoms. The van der Waals surface area contributed by atoms with Crippen LogP contribution in [0, 0.1) is 16.7 Å². The van der Waals surface area contributed by atoms with Gasteiger partial charge in [0.15, 0.2) is 11.5 Å². The van der Waals surface area contributed by atoms with Crippen molar-refractivity contribution >= 4 is 12.1 Å². The largest absolute Gasteiger partial charge is 0.504 e. The van der Waals surface area contributed by atoms with Crippen molar-refractivity contribution in [2.24, 2.45) is 21.8 Å². The van der Waals surface area contributed by atoms with Crippen LogP contribution in [0.25, 0.3) is 0 Å². The number of carbonyl (C=O) groups is 1. The minimum Gasteiger partial charge on any atom is -0.504 e. The second-order valence-electron chi connectivity index (χ2n) is 7.17. The van der Waals surface area contributed by atoms with Crippen molar-refractivity contribution in [3.05, 3.63) is 35.9 Å². The molecular formula is C18H22N2O3. The molecule has 5 nitrogen and oxygen atoms in total. The molecule has 2 fully saturated rings. The van der Waals surface area contributed by atoms with Gasteiger partial charge < -0.3 is 10.2 Å². The van der Waals surface area contributed by atoms with Gasteiger partial charge in [-0.15, -0.1) is 0 Å². The minimum absolute atomic E-state index is 0.00203. The number of aromatic hydroxyl groups is 2. The molecule has 2 atom stereocenters. The smallest absolute Gasteiger partial charge is 0.250 e. The van der Waals surface area contributed by atoms with Crippen molar-refractivity contribution in [2.45, 2.75) is 33.1 Å². The molecule has 3 N–H and O–H groups in total. The lowest BCUT2D eigenvalue weighted by Crippen LogP contribution is -2.39. The van der Waals surface area contributed by atoms with Gasteiger partial charge in [-0.3, -0.25) is 4.79 Å². The van der Waals surface area contributed by atoms with E-state index in [0.29, 0.717) is 11.5 Å². The number of benzene rings is 1. The first kappa shape index (κ1) is 15.6. The molecule has 0 aliphatic heterocycles. The van der Waals surface area contributed by atoms with Crippen LogP contribution in [0.2, 0.25) is 0 Å². The van der Waals surface area contributed by atoms with Crippen LogP contribution in [-0.2, 0) is 4.79 Å². The second-order valence-corrected chi connectivity index (χ2v) is 7.17. The zero-order valence-electron chi connectivity index (χ0n) is 13.5. The van der Waals surface area contributed by atoms with E-state index in [1.807, 2.05) is 0 Å². The summed E-state index contributed by atoms with van der Waals surface area (Å²) in [5.41, 5.74) is 3.73. The fourth-order valence-corrected chi connectivity index (χ4v) is 4.04. The Labute approximate surface area is 135 Å². The number of hydrazone groups is 1. The number of rotatable bonds is 3. The lowest BCUT2D eigenvalue weighted by molar-refractivity contribution is -0.128. The molecule has 0 saturated heterocycles. The molecule has 122 valence electrons. The summed E-state index contributed by atoms with van der Waals surface area (Å²) in [6.45, 7) is 8.52. The number of phenols is 2. The molecule has 0 aromatic heterocycles. The maximum Gasteiger partial charge on any atom is 0.250 e. The fraction of sp³-hybridized carbons (Fsp3) is 0.444. The summed E-state index contributed by atoms with van der Waals surface area (Å²) in [5, 5.41) is 22.7. The number of nitrogens with zero attached hydrogens (tertiary/aromatic N) is 1. The van der Waals surface area contributed by atoms with Gasteiger partial charge in [-0.2, -0.15) is 5.10 Å². The summed E-state index contributed by atoms with van der Waals surface area (Å²) in [4.78, 5) is 12.7. The van der Waals surface area contributed by atoms with Gasteiger partial charge in [0.25, 0.3) is 0 Å². The van der Waals surface area contributed by atoms with E-state index in [9.17, 15) is 15.0 Å². The average molecular weight is 314 g/mol. The molecule has 1 amide bonds. The van der Waals surface area contributed by atoms with E-state index in [4.69, 9.17) is 0 Å². The van der Waals surface area contributed by atoms with Gasteiger partial charge in [-0.1, -0.05) is 26.0 Å². The number of nitrogens with one attached hydrogen (secondary N) is 1. The maximum absolute atomic E-state index is 12.7. The van der Waals surface area contributed by atoms with E-state index in [1.165, 1.54) is 18.3 Å². The molecule has 1 aromatic carbocycles. The normalized spacial score (nSPS) is 28.4. The van der Waals surface area contributed by atoms with Crippen LogP contribution in [0.4, 0.5) is 0 Å². The number of phenolic OH excluding ortho intramolecular Hbond substituents is 2. The van der Waals surface area contributed by atoms with Gasteiger partial charge in [0.2, 0.25) is 5.91 Å². The van der Waals surface area contributed by atoms with E-state index >= 15 is 0 Å². The zero-order valence-corrected chi connectivity index (χ0v) is 13.5. The Balaban J connectivity index is 1.71. The molecule has 2 aliphatic carbocycles. The van der Waals surface area contributed by atoms with E-state index in [-0.39, 0.29) is 22.8 Å². The van der Waals surface area contributed by atoms with Crippen LogP contribution in [0.3, 0.4) is 0 Å². The zero-order chi connectivity index (χ0) is 16.8. The number of hydrogen-bond acceptors (Lipinski definition) is 4. The minimum atomic E-state index is -0.497. The molecule has 5 heteroatoms. The molecule has 0 spiro atoms. The monoisotopic (exact) mass is 314 g/mol. The highest BCUT2D eigenvalue weighted by Crippen LogP contribution is 2.65. The SMILES string of the molecule is C=C1C(C)(C)[C@@H]2CC[C@@]1(C(=O)N/N=C/c1ccc(O)c(O)c1)C2. The van der Waals surface area contributed by atoms with Crippen LogP contribution in [0.15, 0.2) is 35.5 Å². The summed E-state index contributed by atoms with van der Waals surface area (Å²) in [6.07, 6.45) is 4.18. The molecule has 23 heavy (non-hydrogen) atoms. The molecule has 2 saturated carbocycles. The summed E-state index contributed by atoms with van der Waals surface area (Å²) in [5.74, 6) is 0.00332. The molecule has 0 heterocycles. The van der Waals surface area contributed by atoms with Gasteiger partial charge >= 0.3 is 0 Å². The number of fused-ring (bicyclic) bond motifs is 2. The van der Waals surface area contributed by atoms with Gasteiger partial charge in [0.05, 0.1) is 11.6 Å². The van der Waals surface area contributed by atoms with Crippen LogP contribution in [-0.4, -0.2) is 22.3 Å². The molecule has 1 aromatic rings. The number of amides is 1. The lowest BCUT2D eigenvalue weighted by Gasteiger charge is -2.36. The van der Waals surface area contributed by atoms with Crippen LogP contribution in [0.5, 0.6) is 11.5 Å². The van der Waals surface area contributed by atoms with Crippen molar-refractivity contribution in [1.29, 1.82) is 0 Å². The van der Waals surface area contributed by atoms with E-state index < -0.39 is 5.41 Å². The lowest BCUT2D eigenvalue weighted by atomic mass is 9.68. The summed E-state index contributed by atoms with van der Waals surface area (Å²) in [6, 6.07) is 4.36. The third kappa shape index (κ3) is 2.31. The van der Waals surface area contributed by atoms with E-state index in [0.717, 1.165) is 24.8 Å². The third-order valence-corrected chi connectivity index (χ3v) is 5.70. The topological polar surface area (TPSA) is 81.9 Å². The Hall–Kier alpha value is -2.30. The van der Waals surface area contributed by atoms with E-state index in [1.54, 1.807) is 6.07 Å². The Kier molecular flexibility index (Phi) is 3.47. The fourth-order valence-electron chi connectivity index (χ4n) is 4.04. The first-order valence-corrected chi connectivity index (χ1v) is 7.83. The highest BCUT2D eigenvalue weighted by Gasteiger charge is 2.60. The number of carbonyl (C=O) groups excluding carboxylic acids is 1. The second kappa shape index (κ2) is 5.11. The van der Waals surface area contributed by atoms with Crippen LogP contribution in [0.1, 0.15) is 38.7 Å². The highest BCUT2D eigenvalue weighted by atomic mass is 16.3. The van der Waals surface area contributed by atoms with Crippen LogP contribution >= 0.6 is 0 Å². The number of hydrogen-bond donors (Lipinski definition) is 3. The van der Waals surface area contributed by atoms with Crippen LogP contribution < -0.4 is 5.43 Å². The molecule has 2 aliphatic rings. The Bertz CT molecular complexity index is 708. The Morgan fingerprint density at radius 3 is 2.74 bits per heavy atom. The Morgan fingerprint density at radius 1 is 1.39 bits per heavy atom. The molecule has 0 radical (unpaired) electrons. The predicted octanol–water partition coefficient (Wildman–Crippen LogP) is 2.93. The third-order valence-electron chi connectivity index (χ3n) is 5.70. The van der Waals surface area contributed by atoms with Crippen molar-refractivity contribution in [3.8, 4) is 11.5 Å². The molecular weight excluding hydrogens is 292 g/mol. The van der Waals surface area contributed by atoms with Gasteiger partial charge in [0, 0.05) is 0 Å². The first-order valence-electron chi connectivity index (χ1n) is 7.83. The summed E-state index contributed by atoms with van der Waals surface area (Å²) in [7, 11) is 0. The summed E-state index contributed by atoms with van der Waals surface area (Å²) < 4.78 is 0. The van der Waals surface area contributed by atoms with Crippen molar-refractivity contribution < 1.29 is 15.0 Å². The van der Waals surface area contributed by atoms with Crippen molar-refractivity contribution in [1.82, 2.24) is 5.43 Å². The summed E-state index contributed by atoms with van der Waals surface area (Å²) >= 11 is 0. The highest BCUT2D eigenvalue weighted by molar-refractivity contribution is 5.89. The van der Waals surface area contributed by atoms with Crippen molar-refractivity contribution in [2.75, 3.05) is 0 Å². The quantitative estimate of drug-likeness (QED) is 0.347.